The van der Waals surface area contributed by atoms with Gasteiger partial charge in [-0.3, -0.25) is 0 Å². The van der Waals surface area contributed by atoms with E-state index in [1.54, 1.807) is 21.3 Å². The quantitative estimate of drug-likeness (QED) is 0.588. The molecule has 3 heteroatoms. The molecular weight excluding hydrogens is 156 g/mol. The van der Waals surface area contributed by atoms with E-state index in [-0.39, 0.29) is 5.60 Å². The first-order valence-electron chi connectivity index (χ1n) is 4.27. The fourth-order valence-corrected chi connectivity index (χ4v) is 1.39. The van der Waals surface area contributed by atoms with Gasteiger partial charge in [0.15, 0.2) is 0 Å². The molecule has 12 heavy (non-hydrogen) atoms. The first kappa shape index (κ1) is 11.9. The van der Waals surface area contributed by atoms with Gasteiger partial charge in [0, 0.05) is 21.3 Å². The molecule has 0 aromatic carbocycles. The molecule has 0 aliphatic rings. The highest BCUT2D eigenvalue weighted by Gasteiger charge is 2.28. The van der Waals surface area contributed by atoms with E-state index >= 15 is 0 Å². The molecule has 0 aromatic rings. The molecule has 0 atom stereocenters. The zero-order chi connectivity index (χ0) is 9.45. The molecule has 0 heterocycles. The lowest BCUT2D eigenvalue weighted by Gasteiger charge is -2.30. The molecule has 0 fully saturated rings. The summed E-state index contributed by atoms with van der Waals surface area (Å²) >= 11 is 0. The maximum absolute atomic E-state index is 5.41. The summed E-state index contributed by atoms with van der Waals surface area (Å²) < 4.78 is 15.6. The number of ether oxygens (including phenoxy) is 3. The lowest BCUT2D eigenvalue weighted by atomic mass is 10.00. The Morgan fingerprint density at radius 3 is 1.75 bits per heavy atom. The zero-order valence-corrected chi connectivity index (χ0v) is 8.55. The van der Waals surface area contributed by atoms with Crippen LogP contribution in [0.15, 0.2) is 0 Å². The van der Waals surface area contributed by atoms with Crippen LogP contribution >= 0.6 is 0 Å². The van der Waals surface area contributed by atoms with Crippen LogP contribution in [-0.2, 0) is 14.2 Å². The predicted octanol–water partition coefficient (Wildman–Crippen LogP) is 1.46. The number of rotatable bonds is 7. The molecule has 0 N–H and O–H groups in total. The summed E-state index contributed by atoms with van der Waals surface area (Å²) in [6.07, 6.45) is 2.03. The maximum Gasteiger partial charge on any atom is 0.114 e. The lowest BCUT2D eigenvalue weighted by Crippen LogP contribution is -2.41. The van der Waals surface area contributed by atoms with Crippen LogP contribution in [0.25, 0.3) is 0 Å². The monoisotopic (exact) mass is 176 g/mol. The van der Waals surface area contributed by atoms with Gasteiger partial charge in [-0.05, 0) is 6.42 Å². The van der Waals surface area contributed by atoms with Crippen molar-refractivity contribution in [1.29, 1.82) is 0 Å². The van der Waals surface area contributed by atoms with E-state index < -0.39 is 0 Å². The molecule has 0 aromatic heterocycles. The van der Waals surface area contributed by atoms with Crippen molar-refractivity contribution in [3.63, 3.8) is 0 Å². The highest BCUT2D eigenvalue weighted by atomic mass is 16.6. The second kappa shape index (κ2) is 6.40. The van der Waals surface area contributed by atoms with Crippen LogP contribution in [0.2, 0.25) is 0 Å². The van der Waals surface area contributed by atoms with Crippen molar-refractivity contribution in [3.05, 3.63) is 0 Å². The Kier molecular flexibility index (Phi) is 6.34. The van der Waals surface area contributed by atoms with E-state index in [4.69, 9.17) is 14.2 Å². The van der Waals surface area contributed by atoms with Gasteiger partial charge in [0.25, 0.3) is 0 Å². The van der Waals surface area contributed by atoms with Gasteiger partial charge in [-0.1, -0.05) is 13.3 Å². The highest BCUT2D eigenvalue weighted by molar-refractivity contribution is 4.79. The summed E-state index contributed by atoms with van der Waals surface area (Å²) in [5, 5.41) is 0. The molecule has 0 amide bonds. The molecule has 0 unspecified atom stereocenters. The van der Waals surface area contributed by atoms with Crippen molar-refractivity contribution in [1.82, 2.24) is 0 Å². The Hall–Kier alpha value is -0.120. The number of hydrogen-bond acceptors (Lipinski definition) is 3. The Labute approximate surface area is 75.0 Å². The molecule has 0 aliphatic heterocycles. The van der Waals surface area contributed by atoms with Crippen molar-refractivity contribution in [3.8, 4) is 0 Å². The number of methoxy groups -OCH3 is 3. The third-order valence-corrected chi connectivity index (χ3v) is 1.95. The van der Waals surface area contributed by atoms with Gasteiger partial charge in [0.1, 0.15) is 5.60 Å². The molecule has 0 radical (unpaired) electrons. The highest BCUT2D eigenvalue weighted by Crippen LogP contribution is 2.18. The topological polar surface area (TPSA) is 27.7 Å². The summed E-state index contributed by atoms with van der Waals surface area (Å²) in [7, 11) is 5.06. The fraction of sp³-hybridized carbons (Fsp3) is 1.00. The second-order valence-electron chi connectivity index (χ2n) is 3.00. The van der Waals surface area contributed by atoms with Crippen molar-refractivity contribution in [2.75, 3.05) is 34.5 Å². The van der Waals surface area contributed by atoms with Crippen LogP contribution in [0.4, 0.5) is 0 Å². The fourth-order valence-electron chi connectivity index (χ4n) is 1.39. The molecule has 0 spiro atoms. The summed E-state index contributed by atoms with van der Waals surface area (Å²) in [5.74, 6) is 0. The zero-order valence-electron chi connectivity index (χ0n) is 8.55. The average Bonchev–Trinajstić information content (AvgIpc) is 2.06. The molecule has 3 nitrogen and oxygen atoms in total. The Morgan fingerprint density at radius 1 is 1.00 bits per heavy atom. The normalized spacial score (nSPS) is 12.0. The van der Waals surface area contributed by atoms with Gasteiger partial charge in [0.05, 0.1) is 13.2 Å². The number of hydrogen-bond donors (Lipinski definition) is 0. The van der Waals surface area contributed by atoms with Crippen LogP contribution < -0.4 is 0 Å². The van der Waals surface area contributed by atoms with E-state index in [0.717, 1.165) is 12.8 Å². The molecular formula is C9H20O3. The third-order valence-electron chi connectivity index (χ3n) is 1.95. The van der Waals surface area contributed by atoms with Gasteiger partial charge in [0.2, 0.25) is 0 Å². The van der Waals surface area contributed by atoms with Crippen molar-refractivity contribution < 1.29 is 14.2 Å². The van der Waals surface area contributed by atoms with E-state index in [9.17, 15) is 0 Å². The minimum absolute atomic E-state index is 0.252. The van der Waals surface area contributed by atoms with Crippen LogP contribution in [-0.4, -0.2) is 40.1 Å². The second-order valence-corrected chi connectivity index (χ2v) is 3.00. The largest absolute Gasteiger partial charge is 0.382 e. The standard InChI is InChI=1S/C9H20O3/c1-5-6-9(12-4,7-10-2)8-11-3/h5-8H2,1-4H3. The van der Waals surface area contributed by atoms with Crippen molar-refractivity contribution >= 4 is 0 Å². The molecule has 0 saturated heterocycles. The van der Waals surface area contributed by atoms with Gasteiger partial charge in [-0.2, -0.15) is 0 Å². The molecule has 0 aliphatic carbocycles. The van der Waals surface area contributed by atoms with Gasteiger partial charge >= 0.3 is 0 Å². The Morgan fingerprint density at radius 2 is 1.50 bits per heavy atom. The van der Waals surface area contributed by atoms with Gasteiger partial charge in [-0.15, -0.1) is 0 Å². The summed E-state index contributed by atoms with van der Waals surface area (Å²) in [4.78, 5) is 0. The summed E-state index contributed by atoms with van der Waals surface area (Å²) in [6, 6.07) is 0. The first-order valence-corrected chi connectivity index (χ1v) is 4.27. The van der Waals surface area contributed by atoms with E-state index in [0.29, 0.717) is 13.2 Å². The molecule has 0 rings (SSSR count). The van der Waals surface area contributed by atoms with Crippen LogP contribution in [0.1, 0.15) is 19.8 Å². The van der Waals surface area contributed by atoms with E-state index in [2.05, 4.69) is 6.92 Å². The minimum Gasteiger partial charge on any atom is -0.382 e. The third kappa shape index (κ3) is 3.52. The predicted molar refractivity (Wildman–Crippen MR) is 48.4 cm³/mol. The molecule has 0 saturated carbocycles. The molecule has 74 valence electrons. The van der Waals surface area contributed by atoms with Crippen LogP contribution in [0, 0.1) is 0 Å². The lowest BCUT2D eigenvalue weighted by molar-refractivity contribution is -0.108. The maximum atomic E-state index is 5.41. The first-order chi connectivity index (χ1) is 5.74. The van der Waals surface area contributed by atoms with E-state index in [1.165, 1.54) is 0 Å². The van der Waals surface area contributed by atoms with Crippen molar-refractivity contribution in [2.24, 2.45) is 0 Å². The Balaban J connectivity index is 4.06. The summed E-state index contributed by atoms with van der Waals surface area (Å²) in [5.41, 5.74) is -0.252. The van der Waals surface area contributed by atoms with Gasteiger partial charge < -0.3 is 14.2 Å². The van der Waals surface area contributed by atoms with Crippen molar-refractivity contribution in [2.45, 2.75) is 25.4 Å². The minimum atomic E-state index is -0.252. The van der Waals surface area contributed by atoms with Gasteiger partial charge in [-0.25, -0.2) is 0 Å². The van der Waals surface area contributed by atoms with E-state index in [1.807, 2.05) is 0 Å². The smallest absolute Gasteiger partial charge is 0.114 e. The van der Waals surface area contributed by atoms with Crippen LogP contribution in [0.5, 0.6) is 0 Å². The molecule has 0 bridgehead atoms. The Bertz CT molecular complexity index is 86.9. The SMILES string of the molecule is CCCC(COC)(COC)OC. The summed E-state index contributed by atoms with van der Waals surface area (Å²) in [6.45, 7) is 3.30. The average molecular weight is 176 g/mol. The van der Waals surface area contributed by atoms with Crippen LogP contribution in [0.3, 0.4) is 0 Å².